The minimum Gasteiger partial charge on any atom is -0.351 e. The van der Waals surface area contributed by atoms with Gasteiger partial charge in [0.1, 0.15) is 0 Å². The molecule has 0 aliphatic carbocycles. The summed E-state index contributed by atoms with van der Waals surface area (Å²) in [6, 6.07) is 9.84. The van der Waals surface area contributed by atoms with Crippen LogP contribution in [0.1, 0.15) is 28.7 Å². The zero-order valence-corrected chi connectivity index (χ0v) is 12.8. The molecule has 1 aromatic heterocycles. The first-order valence-electron chi connectivity index (χ1n) is 7.25. The first-order valence-corrected chi connectivity index (χ1v) is 7.25. The van der Waals surface area contributed by atoms with Crippen LogP contribution in [0.25, 0.3) is 5.69 Å². The highest BCUT2D eigenvalue weighted by molar-refractivity contribution is 5.96. The first kappa shape index (κ1) is 15.3. The number of hydrogen-bond donors (Lipinski definition) is 2. The lowest BCUT2D eigenvalue weighted by atomic mass is 10.2. The van der Waals surface area contributed by atoms with Crippen LogP contribution in [0.3, 0.4) is 0 Å². The van der Waals surface area contributed by atoms with Crippen LogP contribution in [0, 0.1) is 13.8 Å². The van der Waals surface area contributed by atoms with Crippen molar-refractivity contribution < 1.29 is 4.79 Å². The van der Waals surface area contributed by atoms with Crippen LogP contribution < -0.4 is 10.6 Å². The molecule has 1 heterocycles. The molecule has 2 rings (SSSR count). The molecule has 0 atom stereocenters. The molecule has 0 saturated heterocycles. The molecule has 0 saturated carbocycles. The Kier molecular flexibility index (Phi) is 5.11. The molecule has 2 aromatic rings. The monoisotopic (exact) mass is 286 g/mol. The third kappa shape index (κ3) is 3.49. The Morgan fingerprint density at radius 1 is 1.19 bits per heavy atom. The van der Waals surface area contributed by atoms with E-state index < -0.39 is 0 Å². The number of aryl methyl sites for hydroxylation is 1. The van der Waals surface area contributed by atoms with Gasteiger partial charge in [-0.2, -0.15) is 5.10 Å². The lowest BCUT2D eigenvalue weighted by Crippen LogP contribution is -2.32. The van der Waals surface area contributed by atoms with Crippen molar-refractivity contribution in [3.05, 3.63) is 47.3 Å². The number of nitrogens with zero attached hydrogens (tertiary/aromatic N) is 2. The topological polar surface area (TPSA) is 58.9 Å². The normalized spacial score (nSPS) is 10.6. The predicted molar refractivity (Wildman–Crippen MR) is 83.9 cm³/mol. The third-order valence-electron chi connectivity index (χ3n) is 3.36. The Labute approximate surface area is 125 Å². The standard InChI is InChI=1S/C16H22N4O/c1-4-17-10-11-18-16(21)15-12(2)19-20(13(15)3)14-8-6-5-7-9-14/h5-9,17H,4,10-11H2,1-3H3,(H,18,21). The summed E-state index contributed by atoms with van der Waals surface area (Å²) in [6.45, 7) is 8.12. The van der Waals surface area contributed by atoms with Crippen molar-refractivity contribution in [2.75, 3.05) is 19.6 Å². The number of nitrogens with one attached hydrogen (secondary N) is 2. The van der Waals surface area contributed by atoms with Crippen LogP contribution in [0.2, 0.25) is 0 Å². The van der Waals surface area contributed by atoms with Crippen molar-refractivity contribution in [2.24, 2.45) is 0 Å². The molecule has 0 aliphatic rings. The second-order valence-corrected chi connectivity index (χ2v) is 4.90. The maximum absolute atomic E-state index is 12.3. The lowest BCUT2D eigenvalue weighted by molar-refractivity contribution is 0.0952. The van der Waals surface area contributed by atoms with Gasteiger partial charge in [0.2, 0.25) is 0 Å². The first-order chi connectivity index (χ1) is 10.1. The smallest absolute Gasteiger partial charge is 0.255 e. The Morgan fingerprint density at radius 2 is 1.90 bits per heavy atom. The maximum Gasteiger partial charge on any atom is 0.255 e. The molecule has 2 N–H and O–H groups in total. The van der Waals surface area contributed by atoms with Gasteiger partial charge in [0.25, 0.3) is 5.91 Å². The number of aromatic nitrogens is 2. The molecule has 5 heteroatoms. The van der Waals surface area contributed by atoms with Gasteiger partial charge < -0.3 is 10.6 Å². The fraction of sp³-hybridized carbons (Fsp3) is 0.375. The van der Waals surface area contributed by atoms with Gasteiger partial charge in [0.05, 0.1) is 22.6 Å². The number of hydrogen-bond acceptors (Lipinski definition) is 3. The number of carbonyl (C=O) groups excluding carboxylic acids is 1. The molecular weight excluding hydrogens is 264 g/mol. The molecule has 0 aliphatic heterocycles. The Hall–Kier alpha value is -2.14. The molecule has 112 valence electrons. The number of rotatable bonds is 6. The van der Waals surface area contributed by atoms with Crippen molar-refractivity contribution in [1.29, 1.82) is 0 Å². The van der Waals surface area contributed by atoms with E-state index in [4.69, 9.17) is 0 Å². The molecule has 21 heavy (non-hydrogen) atoms. The van der Waals surface area contributed by atoms with Gasteiger partial charge >= 0.3 is 0 Å². The second-order valence-electron chi connectivity index (χ2n) is 4.90. The van der Waals surface area contributed by atoms with Gasteiger partial charge in [-0.05, 0) is 32.5 Å². The number of carbonyl (C=O) groups is 1. The van der Waals surface area contributed by atoms with E-state index in [-0.39, 0.29) is 5.91 Å². The van der Waals surface area contributed by atoms with Gasteiger partial charge in [-0.3, -0.25) is 4.79 Å². The number of benzene rings is 1. The number of amides is 1. The molecule has 0 unspecified atom stereocenters. The van der Waals surface area contributed by atoms with Crippen molar-refractivity contribution >= 4 is 5.91 Å². The summed E-state index contributed by atoms with van der Waals surface area (Å²) in [4.78, 5) is 12.3. The summed E-state index contributed by atoms with van der Waals surface area (Å²) in [6.07, 6.45) is 0. The van der Waals surface area contributed by atoms with E-state index in [2.05, 4.69) is 15.7 Å². The van der Waals surface area contributed by atoms with Crippen LogP contribution in [0.5, 0.6) is 0 Å². The SMILES string of the molecule is CCNCCNC(=O)c1c(C)nn(-c2ccccc2)c1C. The third-order valence-corrected chi connectivity index (χ3v) is 3.36. The van der Waals surface area contributed by atoms with Gasteiger partial charge in [-0.1, -0.05) is 25.1 Å². The van der Waals surface area contributed by atoms with E-state index in [9.17, 15) is 4.79 Å². The molecule has 1 amide bonds. The summed E-state index contributed by atoms with van der Waals surface area (Å²) in [5.74, 6) is -0.0647. The molecule has 0 fully saturated rings. The van der Waals surface area contributed by atoms with Crippen LogP contribution in [-0.2, 0) is 0 Å². The fourth-order valence-corrected chi connectivity index (χ4v) is 2.32. The summed E-state index contributed by atoms with van der Waals surface area (Å²) < 4.78 is 1.81. The number of para-hydroxylation sites is 1. The lowest BCUT2D eigenvalue weighted by Gasteiger charge is -2.07. The van der Waals surface area contributed by atoms with Crippen LogP contribution >= 0.6 is 0 Å². The Bertz CT molecular complexity index is 604. The zero-order chi connectivity index (χ0) is 15.2. The maximum atomic E-state index is 12.3. The molecule has 0 radical (unpaired) electrons. The van der Waals surface area contributed by atoms with Gasteiger partial charge in [0.15, 0.2) is 0 Å². The summed E-state index contributed by atoms with van der Waals surface area (Å²) in [5.41, 5.74) is 3.23. The fourth-order valence-electron chi connectivity index (χ4n) is 2.32. The second kappa shape index (κ2) is 7.04. The average molecular weight is 286 g/mol. The number of likely N-dealkylation sites (N-methyl/N-ethyl adjacent to an activating group) is 1. The highest BCUT2D eigenvalue weighted by atomic mass is 16.1. The van der Waals surface area contributed by atoms with E-state index in [1.165, 1.54) is 0 Å². The molecule has 0 spiro atoms. The van der Waals surface area contributed by atoms with Crippen molar-refractivity contribution in [1.82, 2.24) is 20.4 Å². The predicted octanol–water partition coefficient (Wildman–Crippen LogP) is 1.83. The van der Waals surface area contributed by atoms with Gasteiger partial charge in [-0.25, -0.2) is 4.68 Å². The summed E-state index contributed by atoms with van der Waals surface area (Å²) in [7, 11) is 0. The molecular formula is C16H22N4O. The summed E-state index contributed by atoms with van der Waals surface area (Å²) >= 11 is 0. The van der Waals surface area contributed by atoms with Crippen LogP contribution in [0.15, 0.2) is 30.3 Å². The van der Waals surface area contributed by atoms with E-state index in [0.29, 0.717) is 12.1 Å². The van der Waals surface area contributed by atoms with Crippen LogP contribution in [-0.4, -0.2) is 35.3 Å². The molecule has 5 nitrogen and oxygen atoms in total. The summed E-state index contributed by atoms with van der Waals surface area (Å²) in [5, 5.41) is 10.6. The van der Waals surface area contributed by atoms with E-state index >= 15 is 0 Å². The quantitative estimate of drug-likeness (QED) is 0.797. The van der Waals surface area contributed by atoms with Crippen molar-refractivity contribution in [3.8, 4) is 5.69 Å². The molecule has 1 aromatic carbocycles. The largest absolute Gasteiger partial charge is 0.351 e. The minimum absolute atomic E-state index is 0.0647. The van der Waals surface area contributed by atoms with Crippen molar-refractivity contribution in [3.63, 3.8) is 0 Å². The van der Waals surface area contributed by atoms with E-state index in [1.54, 1.807) is 0 Å². The Balaban J connectivity index is 2.18. The molecule has 0 bridgehead atoms. The van der Waals surface area contributed by atoms with Crippen LogP contribution in [0.4, 0.5) is 0 Å². The minimum atomic E-state index is -0.0647. The van der Waals surface area contributed by atoms with Crippen molar-refractivity contribution in [2.45, 2.75) is 20.8 Å². The van der Waals surface area contributed by atoms with Gasteiger partial charge in [-0.15, -0.1) is 0 Å². The van der Waals surface area contributed by atoms with E-state index in [0.717, 1.165) is 30.2 Å². The average Bonchev–Trinajstić information content (AvgIpc) is 2.79. The highest BCUT2D eigenvalue weighted by Gasteiger charge is 2.18. The Morgan fingerprint density at radius 3 is 2.57 bits per heavy atom. The zero-order valence-electron chi connectivity index (χ0n) is 12.8. The van der Waals surface area contributed by atoms with E-state index in [1.807, 2.05) is 55.8 Å². The van der Waals surface area contributed by atoms with Gasteiger partial charge in [0, 0.05) is 13.1 Å². The highest BCUT2D eigenvalue weighted by Crippen LogP contribution is 2.17.